The summed E-state index contributed by atoms with van der Waals surface area (Å²) in [7, 11) is 0. The molecule has 0 amide bonds. The number of epoxide rings is 1. The standard InChI is InChI=1S/C24H30O6/c1-13-9-18-17-6-5-15-10-16(26)7-8-21(15,3)24(17)20(30-24)11-22(18,4)23(13,28)19(27)12-29-14(2)25/h7-8,10,13,17-18,20,28H,5-6,9,11-12H2,1-4H3/t13?,17-,18-,20?,21-,22-,23-,24-/m0/s1. The lowest BCUT2D eigenvalue weighted by molar-refractivity contribution is -0.170. The van der Waals surface area contributed by atoms with Crippen molar-refractivity contribution in [2.45, 2.75) is 70.7 Å². The van der Waals surface area contributed by atoms with Gasteiger partial charge in [-0.05, 0) is 62.5 Å². The molecule has 6 heteroatoms. The van der Waals surface area contributed by atoms with Gasteiger partial charge in [0.15, 0.2) is 12.4 Å². The summed E-state index contributed by atoms with van der Waals surface area (Å²) >= 11 is 0. The number of hydrogen-bond donors (Lipinski definition) is 1. The number of fused-ring (bicyclic) bond motifs is 3. The maximum absolute atomic E-state index is 13.1. The lowest BCUT2D eigenvalue weighted by atomic mass is 9.46. The quantitative estimate of drug-likeness (QED) is 0.564. The molecule has 1 saturated heterocycles. The smallest absolute Gasteiger partial charge is 0.303 e. The van der Waals surface area contributed by atoms with E-state index in [2.05, 4.69) is 6.92 Å². The molecule has 4 fully saturated rings. The predicted octanol–water partition coefficient (Wildman–Crippen LogP) is 2.53. The summed E-state index contributed by atoms with van der Waals surface area (Å²) < 4.78 is 11.4. The number of carbonyl (C=O) groups excluding carboxylic acids is 3. The Labute approximate surface area is 176 Å². The van der Waals surface area contributed by atoms with Crippen LogP contribution in [0.2, 0.25) is 0 Å². The highest BCUT2D eigenvalue weighted by molar-refractivity contribution is 6.01. The molecule has 2 unspecified atom stereocenters. The van der Waals surface area contributed by atoms with Crippen LogP contribution in [0.3, 0.4) is 0 Å². The number of hydrogen-bond acceptors (Lipinski definition) is 6. The number of ether oxygens (including phenoxy) is 2. The Bertz CT molecular complexity index is 919. The summed E-state index contributed by atoms with van der Waals surface area (Å²) in [4.78, 5) is 36.3. The Balaban J connectivity index is 1.52. The van der Waals surface area contributed by atoms with E-state index >= 15 is 0 Å². The molecule has 5 rings (SSSR count). The minimum atomic E-state index is -1.54. The van der Waals surface area contributed by atoms with E-state index < -0.39 is 29.4 Å². The van der Waals surface area contributed by atoms with Gasteiger partial charge < -0.3 is 14.6 Å². The molecule has 8 atom stereocenters. The van der Waals surface area contributed by atoms with E-state index in [0.717, 1.165) is 24.8 Å². The number of rotatable bonds is 3. The minimum absolute atomic E-state index is 0.0371. The SMILES string of the molecule is CC(=O)OCC(=O)[C@@]1(O)C(C)C[C@H]2[C@@H]3CCC4=CC(=O)C=C[C@]4(C)[C@]34OC4C[C@@]21C. The van der Waals surface area contributed by atoms with Gasteiger partial charge in [-0.15, -0.1) is 0 Å². The van der Waals surface area contributed by atoms with Crippen LogP contribution in [0.4, 0.5) is 0 Å². The van der Waals surface area contributed by atoms with E-state index in [4.69, 9.17) is 9.47 Å². The summed E-state index contributed by atoms with van der Waals surface area (Å²) in [6, 6.07) is 0. The number of aliphatic hydroxyl groups is 1. The highest BCUT2D eigenvalue weighted by atomic mass is 16.6. The van der Waals surface area contributed by atoms with Crippen LogP contribution < -0.4 is 0 Å². The third-order valence-electron chi connectivity index (χ3n) is 9.35. The monoisotopic (exact) mass is 414 g/mol. The predicted molar refractivity (Wildman–Crippen MR) is 107 cm³/mol. The molecule has 30 heavy (non-hydrogen) atoms. The average Bonchev–Trinajstić information content (AvgIpc) is 3.36. The molecule has 1 spiro atoms. The van der Waals surface area contributed by atoms with Gasteiger partial charge in [0.1, 0.15) is 11.2 Å². The van der Waals surface area contributed by atoms with Gasteiger partial charge in [-0.3, -0.25) is 14.4 Å². The van der Waals surface area contributed by atoms with Crippen LogP contribution in [0.5, 0.6) is 0 Å². The molecule has 0 radical (unpaired) electrons. The topological polar surface area (TPSA) is 93.2 Å². The fourth-order valence-electron chi connectivity index (χ4n) is 7.85. The van der Waals surface area contributed by atoms with Crippen LogP contribution in [0.1, 0.15) is 53.4 Å². The Hall–Kier alpha value is -1.79. The van der Waals surface area contributed by atoms with Gasteiger partial charge >= 0.3 is 5.97 Å². The normalized spacial score (nSPS) is 50.6. The largest absolute Gasteiger partial charge is 0.458 e. The van der Waals surface area contributed by atoms with E-state index in [-0.39, 0.29) is 40.7 Å². The summed E-state index contributed by atoms with van der Waals surface area (Å²) in [5.74, 6) is -0.783. The number of allylic oxidation sites excluding steroid dienone is 2. The first-order chi connectivity index (χ1) is 14.0. The first kappa shape index (κ1) is 20.1. The zero-order chi connectivity index (χ0) is 21.7. The maximum atomic E-state index is 13.1. The highest BCUT2D eigenvalue weighted by Gasteiger charge is 2.81. The van der Waals surface area contributed by atoms with E-state index in [1.165, 1.54) is 6.92 Å². The first-order valence-corrected chi connectivity index (χ1v) is 11.0. The van der Waals surface area contributed by atoms with E-state index in [1.54, 1.807) is 12.2 Å². The van der Waals surface area contributed by atoms with Crippen LogP contribution in [-0.4, -0.2) is 46.6 Å². The van der Waals surface area contributed by atoms with Crippen molar-refractivity contribution in [2.24, 2.45) is 28.6 Å². The van der Waals surface area contributed by atoms with Crippen LogP contribution in [0, 0.1) is 28.6 Å². The molecule has 0 bridgehead atoms. The van der Waals surface area contributed by atoms with E-state index in [1.807, 2.05) is 19.9 Å². The summed E-state index contributed by atoms with van der Waals surface area (Å²) in [5.41, 5.74) is -1.71. The summed E-state index contributed by atoms with van der Waals surface area (Å²) in [6.45, 7) is 7.00. The Kier molecular flexibility index (Phi) is 3.97. The molecule has 6 nitrogen and oxygen atoms in total. The number of ketones is 2. The number of carbonyl (C=O) groups is 3. The Morgan fingerprint density at radius 3 is 2.73 bits per heavy atom. The lowest BCUT2D eigenvalue weighted by Gasteiger charge is -2.55. The van der Waals surface area contributed by atoms with Gasteiger partial charge in [-0.2, -0.15) is 0 Å². The molecule has 4 aliphatic carbocycles. The third kappa shape index (κ3) is 2.14. The molecule has 3 saturated carbocycles. The van der Waals surface area contributed by atoms with Gasteiger partial charge in [0, 0.05) is 17.8 Å². The van der Waals surface area contributed by atoms with Crippen molar-refractivity contribution < 1.29 is 29.0 Å². The van der Waals surface area contributed by atoms with Crippen molar-refractivity contribution in [1.29, 1.82) is 0 Å². The van der Waals surface area contributed by atoms with Gasteiger partial charge in [0.05, 0.1) is 6.10 Å². The molecule has 1 heterocycles. The number of esters is 1. The zero-order valence-electron chi connectivity index (χ0n) is 18.1. The summed E-state index contributed by atoms with van der Waals surface area (Å²) in [5, 5.41) is 11.8. The fraction of sp³-hybridized carbons (Fsp3) is 0.708. The average molecular weight is 414 g/mol. The van der Waals surface area contributed by atoms with Gasteiger partial charge in [-0.25, -0.2) is 0 Å². The molecule has 5 aliphatic rings. The Morgan fingerprint density at radius 2 is 2.03 bits per heavy atom. The van der Waals surface area contributed by atoms with Gasteiger partial charge in [-0.1, -0.05) is 25.5 Å². The zero-order valence-corrected chi connectivity index (χ0v) is 18.1. The van der Waals surface area contributed by atoms with Crippen molar-refractivity contribution >= 4 is 17.5 Å². The molecule has 1 aliphatic heterocycles. The molecule has 0 aromatic rings. The maximum Gasteiger partial charge on any atom is 0.303 e. The Morgan fingerprint density at radius 1 is 1.30 bits per heavy atom. The number of Topliss-reactive ketones (excluding diaryl/α,β-unsaturated/α-hetero) is 1. The van der Waals surface area contributed by atoms with Crippen molar-refractivity contribution in [3.8, 4) is 0 Å². The van der Waals surface area contributed by atoms with Crippen LogP contribution in [0.25, 0.3) is 0 Å². The fourth-order valence-corrected chi connectivity index (χ4v) is 7.85. The van der Waals surface area contributed by atoms with E-state index in [0.29, 0.717) is 6.42 Å². The first-order valence-electron chi connectivity index (χ1n) is 11.0. The lowest BCUT2D eigenvalue weighted by Crippen LogP contribution is -2.62. The van der Waals surface area contributed by atoms with Crippen LogP contribution in [-0.2, 0) is 23.9 Å². The second-order valence-corrected chi connectivity index (χ2v) is 10.5. The van der Waals surface area contributed by atoms with Crippen molar-refractivity contribution in [3.63, 3.8) is 0 Å². The summed E-state index contributed by atoms with van der Waals surface area (Å²) in [6.07, 6.45) is 8.43. The third-order valence-corrected chi connectivity index (χ3v) is 9.35. The molecule has 0 aromatic carbocycles. The van der Waals surface area contributed by atoms with E-state index in [9.17, 15) is 19.5 Å². The van der Waals surface area contributed by atoms with Gasteiger partial charge in [0.2, 0.25) is 5.78 Å². The molecular weight excluding hydrogens is 384 g/mol. The van der Waals surface area contributed by atoms with Crippen LogP contribution >= 0.6 is 0 Å². The second kappa shape index (κ2) is 5.92. The van der Waals surface area contributed by atoms with Crippen molar-refractivity contribution in [2.75, 3.05) is 6.61 Å². The van der Waals surface area contributed by atoms with Crippen molar-refractivity contribution in [1.82, 2.24) is 0 Å². The molecule has 0 aromatic heterocycles. The van der Waals surface area contributed by atoms with Crippen LogP contribution in [0.15, 0.2) is 23.8 Å². The molecular formula is C24H30O6. The second-order valence-electron chi connectivity index (χ2n) is 10.5. The highest BCUT2D eigenvalue weighted by Crippen LogP contribution is 2.76. The van der Waals surface area contributed by atoms with Crippen molar-refractivity contribution in [3.05, 3.63) is 23.8 Å². The molecule has 162 valence electrons. The molecule has 1 N–H and O–H groups in total. The minimum Gasteiger partial charge on any atom is -0.458 e. The van der Waals surface area contributed by atoms with Gasteiger partial charge in [0.25, 0.3) is 0 Å².